The minimum atomic E-state index is -0.933. The summed E-state index contributed by atoms with van der Waals surface area (Å²) >= 11 is 0. The van der Waals surface area contributed by atoms with Crippen molar-refractivity contribution in [3.05, 3.63) is 29.3 Å². The Hall–Kier alpha value is -1.20. The lowest BCUT2D eigenvalue weighted by Crippen LogP contribution is -2.44. The van der Waals surface area contributed by atoms with Crippen LogP contribution in [0.3, 0.4) is 0 Å². The molecule has 0 aromatic heterocycles. The predicted molar refractivity (Wildman–Crippen MR) is 62.1 cm³/mol. The van der Waals surface area contributed by atoms with Gasteiger partial charge in [0.25, 0.3) is 0 Å². The summed E-state index contributed by atoms with van der Waals surface area (Å²) in [6.07, 6.45) is -0.933. The van der Waals surface area contributed by atoms with Crippen LogP contribution in [0.4, 0.5) is 14.5 Å². The number of nitrogens with zero attached hydrogens (tertiary/aromatic N) is 1. The van der Waals surface area contributed by atoms with E-state index in [-0.39, 0.29) is 5.56 Å². The number of aliphatic hydroxyl groups excluding tert-OH is 1. The van der Waals surface area contributed by atoms with Crippen LogP contribution < -0.4 is 10.2 Å². The van der Waals surface area contributed by atoms with E-state index in [9.17, 15) is 13.9 Å². The van der Waals surface area contributed by atoms with Crippen LogP contribution in [0.1, 0.15) is 18.6 Å². The lowest BCUT2D eigenvalue weighted by atomic mass is 10.1. The third-order valence-corrected chi connectivity index (χ3v) is 2.97. The second-order valence-corrected chi connectivity index (χ2v) is 4.24. The molecule has 1 aliphatic rings. The third-order valence-electron chi connectivity index (χ3n) is 2.97. The van der Waals surface area contributed by atoms with Crippen molar-refractivity contribution < 1.29 is 13.9 Å². The Balaban J connectivity index is 2.35. The van der Waals surface area contributed by atoms with Crippen LogP contribution in [0, 0.1) is 11.6 Å². The first kappa shape index (κ1) is 12.3. The molecule has 1 aromatic carbocycles. The van der Waals surface area contributed by atoms with Gasteiger partial charge in [0.05, 0.1) is 11.8 Å². The van der Waals surface area contributed by atoms with Gasteiger partial charge in [-0.3, -0.25) is 0 Å². The maximum Gasteiger partial charge on any atom is 0.149 e. The lowest BCUT2D eigenvalue weighted by molar-refractivity contribution is 0.194. The number of aliphatic hydroxyl groups is 1. The number of halogens is 2. The Morgan fingerprint density at radius 3 is 2.47 bits per heavy atom. The molecule has 1 fully saturated rings. The molecule has 1 aliphatic heterocycles. The van der Waals surface area contributed by atoms with Crippen LogP contribution in [0.5, 0.6) is 0 Å². The highest BCUT2D eigenvalue weighted by molar-refractivity contribution is 5.51. The molecule has 17 heavy (non-hydrogen) atoms. The van der Waals surface area contributed by atoms with E-state index < -0.39 is 17.7 Å². The molecule has 0 radical (unpaired) electrons. The average molecular weight is 242 g/mol. The molecule has 1 saturated heterocycles. The topological polar surface area (TPSA) is 35.5 Å². The largest absolute Gasteiger partial charge is 0.389 e. The Labute approximate surface area is 99.1 Å². The zero-order valence-corrected chi connectivity index (χ0v) is 9.71. The van der Waals surface area contributed by atoms with Gasteiger partial charge in [-0.1, -0.05) is 0 Å². The van der Waals surface area contributed by atoms with Crippen LogP contribution in [-0.2, 0) is 0 Å². The fourth-order valence-corrected chi connectivity index (χ4v) is 2.02. The number of hydrogen-bond donors (Lipinski definition) is 2. The first-order chi connectivity index (χ1) is 8.09. The fraction of sp³-hybridized carbons (Fsp3) is 0.500. The number of hydrogen-bond acceptors (Lipinski definition) is 3. The summed E-state index contributed by atoms with van der Waals surface area (Å²) in [6, 6.07) is 2.25. The number of benzene rings is 1. The van der Waals surface area contributed by atoms with Crippen LogP contribution in [0.2, 0.25) is 0 Å². The van der Waals surface area contributed by atoms with Crippen molar-refractivity contribution in [2.45, 2.75) is 13.0 Å². The molecule has 0 bridgehead atoms. The maximum absolute atomic E-state index is 13.7. The molecule has 2 rings (SSSR count). The Kier molecular flexibility index (Phi) is 3.59. The first-order valence-electron chi connectivity index (χ1n) is 5.72. The van der Waals surface area contributed by atoms with Gasteiger partial charge in [-0.15, -0.1) is 0 Å². The van der Waals surface area contributed by atoms with E-state index in [2.05, 4.69) is 5.32 Å². The van der Waals surface area contributed by atoms with Gasteiger partial charge >= 0.3 is 0 Å². The molecule has 5 heteroatoms. The van der Waals surface area contributed by atoms with Crippen molar-refractivity contribution in [1.82, 2.24) is 5.32 Å². The molecule has 0 aliphatic carbocycles. The smallest absolute Gasteiger partial charge is 0.149 e. The molecular weight excluding hydrogens is 226 g/mol. The minimum Gasteiger partial charge on any atom is -0.389 e. The molecular formula is C12H16F2N2O. The Bertz CT molecular complexity index is 404. The van der Waals surface area contributed by atoms with E-state index in [4.69, 9.17) is 0 Å². The average Bonchev–Trinajstić information content (AvgIpc) is 2.29. The second-order valence-electron chi connectivity index (χ2n) is 4.24. The molecule has 1 unspecified atom stereocenters. The predicted octanol–water partition coefficient (Wildman–Crippen LogP) is 1.43. The molecule has 1 aromatic rings. The monoisotopic (exact) mass is 242 g/mol. The molecule has 2 N–H and O–H groups in total. The fourth-order valence-electron chi connectivity index (χ4n) is 2.02. The van der Waals surface area contributed by atoms with Gasteiger partial charge in [0.2, 0.25) is 0 Å². The number of nitrogens with one attached hydrogen (secondary N) is 1. The molecule has 94 valence electrons. The van der Waals surface area contributed by atoms with Crippen molar-refractivity contribution in [3.63, 3.8) is 0 Å². The zero-order valence-electron chi connectivity index (χ0n) is 9.71. The first-order valence-corrected chi connectivity index (χ1v) is 5.72. The standard InChI is InChI=1S/C12H16F2N2O/c1-8(17)9-6-12(11(14)7-10(9)13)16-4-2-15-3-5-16/h6-8,15,17H,2-5H2,1H3. The van der Waals surface area contributed by atoms with Gasteiger partial charge in [-0.05, 0) is 13.0 Å². The van der Waals surface area contributed by atoms with Gasteiger partial charge in [0.1, 0.15) is 11.6 Å². The van der Waals surface area contributed by atoms with E-state index in [1.54, 1.807) is 0 Å². The summed E-state index contributed by atoms with van der Waals surface area (Å²) in [5.41, 5.74) is 0.503. The molecule has 0 spiro atoms. The van der Waals surface area contributed by atoms with E-state index in [1.165, 1.54) is 13.0 Å². The Morgan fingerprint density at radius 2 is 1.88 bits per heavy atom. The molecule has 0 amide bonds. The highest BCUT2D eigenvalue weighted by atomic mass is 19.1. The van der Waals surface area contributed by atoms with Crippen molar-refractivity contribution in [2.24, 2.45) is 0 Å². The van der Waals surface area contributed by atoms with Crippen molar-refractivity contribution in [2.75, 3.05) is 31.1 Å². The number of anilines is 1. The summed E-state index contributed by atoms with van der Waals surface area (Å²) < 4.78 is 27.1. The van der Waals surface area contributed by atoms with Gasteiger partial charge < -0.3 is 15.3 Å². The SMILES string of the molecule is CC(O)c1cc(N2CCNCC2)c(F)cc1F. The third kappa shape index (κ3) is 2.56. The molecule has 0 saturated carbocycles. The normalized spacial score (nSPS) is 18.2. The van der Waals surface area contributed by atoms with E-state index >= 15 is 0 Å². The van der Waals surface area contributed by atoms with E-state index in [0.717, 1.165) is 19.2 Å². The van der Waals surface area contributed by atoms with Crippen molar-refractivity contribution in [1.29, 1.82) is 0 Å². The zero-order chi connectivity index (χ0) is 12.4. The highest BCUT2D eigenvalue weighted by Crippen LogP contribution is 2.27. The van der Waals surface area contributed by atoms with Crippen LogP contribution in [0.25, 0.3) is 0 Å². The number of piperazine rings is 1. The summed E-state index contributed by atoms with van der Waals surface area (Å²) in [7, 11) is 0. The van der Waals surface area contributed by atoms with Gasteiger partial charge in [-0.2, -0.15) is 0 Å². The van der Waals surface area contributed by atoms with Crippen LogP contribution in [0.15, 0.2) is 12.1 Å². The highest BCUT2D eigenvalue weighted by Gasteiger charge is 2.19. The lowest BCUT2D eigenvalue weighted by Gasteiger charge is -2.30. The molecule has 3 nitrogen and oxygen atoms in total. The van der Waals surface area contributed by atoms with Gasteiger partial charge in [0.15, 0.2) is 0 Å². The Morgan fingerprint density at radius 1 is 1.24 bits per heavy atom. The van der Waals surface area contributed by atoms with Crippen molar-refractivity contribution >= 4 is 5.69 Å². The quantitative estimate of drug-likeness (QED) is 0.823. The van der Waals surface area contributed by atoms with E-state index in [0.29, 0.717) is 18.8 Å². The molecule has 1 heterocycles. The maximum atomic E-state index is 13.7. The minimum absolute atomic E-state index is 0.139. The second kappa shape index (κ2) is 4.98. The van der Waals surface area contributed by atoms with E-state index in [1.807, 2.05) is 4.90 Å². The van der Waals surface area contributed by atoms with Gasteiger partial charge in [0, 0.05) is 37.8 Å². The van der Waals surface area contributed by atoms with Crippen LogP contribution >= 0.6 is 0 Å². The van der Waals surface area contributed by atoms with Crippen molar-refractivity contribution in [3.8, 4) is 0 Å². The van der Waals surface area contributed by atoms with Gasteiger partial charge in [-0.25, -0.2) is 8.78 Å². The summed E-state index contributed by atoms with van der Waals surface area (Å²) in [5, 5.41) is 12.6. The molecule has 1 atom stereocenters. The van der Waals surface area contributed by atoms with Crippen LogP contribution in [-0.4, -0.2) is 31.3 Å². The summed E-state index contributed by atoms with van der Waals surface area (Å²) in [5.74, 6) is -1.27. The summed E-state index contributed by atoms with van der Waals surface area (Å²) in [4.78, 5) is 1.86. The number of rotatable bonds is 2. The summed E-state index contributed by atoms with van der Waals surface area (Å²) in [6.45, 7) is 4.39.